The highest BCUT2D eigenvalue weighted by atomic mass is 15.0. The molecule has 0 aromatic heterocycles. The van der Waals surface area contributed by atoms with Gasteiger partial charge in [-0.25, -0.2) is 0 Å². The lowest BCUT2D eigenvalue weighted by molar-refractivity contribution is 0.506. The Kier molecular flexibility index (Phi) is 1.31. The van der Waals surface area contributed by atoms with Gasteiger partial charge in [0.25, 0.3) is 0 Å². The predicted octanol–water partition coefficient (Wildman–Crippen LogP) is 0.687. The first-order valence-electron chi connectivity index (χ1n) is 4.00. The largest absolute Gasteiger partial charge is 0.315 e. The molecular formula is C8H14N2. The molecule has 10 heavy (non-hydrogen) atoms. The van der Waals surface area contributed by atoms with Crippen molar-refractivity contribution in [3.05, 3.63) is 0 Å². The highest BCUT2D eigenvalue weighted by Gasteiger charge is 2.51. The van der Waals surface area contributed by atoms with Crippen molar-refractivity contribution in [2.75, 3.05) is 20.1 Å². The van der Waals surface area contributed by atoms with E-state index in [4.69, 9.17) is 0 Å². The molecule has 1 spiro atoms. The van der Waals surface area contributed by atoms with Gasteiger partial charge in [-0.2, -0.15) is 0 Å². The van der Waals surface area contributed by atoms with Gasteiger partial charge in [0.2, 0.25) is 0 Å². The van der Waals surface area contributed by atoms with E-state index in [9.17, 15) is 0 Å². The van der Waals surface area contributed by atoms with Gasteiger partial charge in [0.15, 0.2) is 0 Å². The summed E-state index contributed by atoms with van der Waals surface area (Å²) < 4.78 is 0. The van der Waals surface area contributed by atoms with E-state index in [0.29, 0.717) is 5.41 Å². The molecule has 2 heteroatoms. The fraction of sp³-hybridized carbons (Fsp3) is 0.875. The van der Waals surface area contributed by atoms with Gasteiger partial charge >= 0.3 is 0 Å². The Balaban J connectivity index is 2.07. The molecule has 1 saturated carbocycles. The first kappa shape index (κ1) is 6.35. The van der Waals surface area contributed by atoms with Crippen LogP contribution in [0.4, 0.5) is 0 Å². The van der Waals surface area contributed by atoms with Crippen LogP contribution >= 0.6 is 0 Å². The van der Waals surface area contributed by atoms with E-state index in [1.165, 1.54) is 19.4 Å². The second-order valence-corrected chi connectivity index (χ2v) is 3.51. The summed E-state index contributed by atoms with van der Waals surface area (Å²) in [7, 11) is 1.87. The zero-order valence-electron chi connectivity index (χ0n) is 6.43. The van der Waals surface area contributed by atoms with Crippen LogP contribution < -0.4 is 5.32 Å². The van der Waals surface area contributed by atoms with E-state index in [-0.39, 0.29) is 0 Å². The van der Waals surface area contributed by atoms with Crippen LogP contribution in [0, 0.1) is 11.3 Å². The molecule has 1 heterocycles. The van der Waals surface area contributed by atoms with Crippen molar-refractivity contribution in [3.8, 4) is 0 Å². The number of nitrogens with zero attached hydrogens (tertiary/aromatic N) is 1. The van der Waals surface area contributed by atoms with Crippen molar-refractivity contribution in [1.29, 1.82) is 0 Å². The third-order valence-corrected chi connectivity index (χ3v) is 2.85. The van der Waals surface area contributed by atoms with Crippen molar-refractivity contribution < 1.29 is 0 Å². The molecule has 2 rings (SSSR count). The smallest absolute Gasteiger partial charge is 0.0273 e. The SMILES string of the molecule is C/N=C\C1CNCC12CC2. The molecule has 1 N–H and O–H groups in total. The standard InChI is InChI=1S/C8H14N2/c1-9-4-7-5-10-6-8(7)2-3-8/h4,7,10H,2-3,5-6H2,1H3/b9-4-. The first-order valence-corrected chi connectivity index (χ1v) is 4.00. The fourth-order valence-electron chi connectivity index (χ4n) is 1.92. The molecule has 0 amide bonds. The number of nitrogens with one attached hydrogen (secondary N) is 1. The van der Waals surface area contributed by atoms with Gasteiger partial charge in [-0.15, -0.1) is 0 Å². The number of hydrogen-bond donors (Lipinski definition) is 1. The molecule has 1 aliphatic heterocycles. The van der Waals surface area contributed by atoms with Crippen molar-refractivity contribution >= 4 is 6.21 Å². The summed E-state index contributed by atoms with van der Waals surface area (Å²) in [6.07, 6.45) is 4.94. The molecule has 1 saturated heterocycles. The van der Waals surface area contributed by atoms with Gasteiger partial charge in [-0.1, -0.05) is 0 Å². The van der Waals surface area contributed by atoms with E-state index in [1.54, 1.807) is 0 Å². The quantitative estimate of drug-likeness (QED) is 0.530. The summed E-state index contributed by atoms with van der Waals surface area (Å²) in [5.41, 5.74) is 0.652. The molecule has 1 aliphatic carbocycles. The van der Waals surface area contributed by atoms with E-state index >= 15 is 0 Å². The Morgan fingerprint density at radius 2 is 2.40 bits per heavy atom. The minimum atomic E-state index is 0.652. The third-order valence-electron chi connectivity index (χ3n) is 2.85. The molecular weight excluding hydrogens is 124 g/mol. The first-order chi connectivity index (χ1) is 4.87. The minimum Gasteiger partial charge on any atom is -0.315 e. The van der Waals surface area contributed by atoms with Crippen LogP contribution in [0.5, 0.6) is 0 Å². The maximum Gasteiger partial charge on any atom is 0.0273 e. The molecule has 2 fully saturated rings. The lowest BCUT2D eigenvalue weighted by Crippen LogP contribution is -2.14. The molecule has 2 nitrogen and oxygen atoms in total. The Hall–Kier alpha value is -0.370. The molecule has 0 radical (unpaired) electrons. The van der Waals surface area contributed by atoms with Gasteiger partial charge in [0.05, 0.1) is 0 Å². The van der Waals surface area contributed by atoms with E-state index < -0.39 is 0 Å². The molecule has 0 aromatic rings. The molecule has 56 valence electrons. The van der Waals surface area contributed by atoms with Crippen molar-refractivity contribution in [2.24, 2.45) is 16.3 Å². The Morgan fingerprint density at radius 3 is 3.00 bits per heavy atom. The van der Waals surface area contributed by atoms with E-state index in [1.807, 2.05) is 7.05 Å². The lowest BCUT2D eigenvalue weighted by Gasteiger charge is -2.09. The molecule has 1 unspecified atom stereocenters. The van der Waals surface area contributed by atoms with Crippen molar-refractivity contribution in [1.82, 2.24) is 5.32 Å². The molecule has 0 bridgehead atoms. The highest BCUT2D eigenvalue weighted by molar-refractivity contribution is 5.63. The van der Waals surface area contributed by atoms with Crippen LogP contribution in [0.15, 0.2) is 4.99 Å². The van der Waals surface area contributed by atoms with Crippen molar-refractivity contribution in [3.63, 3.8) is 0 Å². The van der Waals surface area contributed by atoms with Gasteiger partial charge in [0, 0.05) is 32.3 Å². The predicted molar refractivity (Wildman–Crippen MR) is 42.4 cm³/mol. The normalized spacial score (nSPS) is 35.9. The number of hydrogen-bond acceptors (Lipinski definition) is 2. The van der Waals surface area contributed by atoms with Gasteiger partial charge in [0.1, 0.15) is 0 Å². The Morgan fingerprint density at radius 1 is 1.60 bits per heavy atom. The van der Waals surface area contributed by atoms with Crippen LogP contribution in [-0.2, 0) is 0 Å². The Labute approximate surface area is 61.7 Å². The highest BCUT2D eigenvalue weighted by Crippen LogP contribution is 2.53. The van der Waals surface area contributed by atoms with Crippen LogP contribution in [0.25, 0.3) is 0 Å². The number of rotatable bonds is 1. The van der Waals surface area contributed by atoms with Crippen LogP contribution in [0.2, 0.25) is 0 Å². The Bertz CT molecular complexity index is 159. The average Bonchev–Trinajstić information content (AvgIpc) is 2.57. The van der Waals surface area contributed by atoms with Crippen LogP contribution in [-0.4, -0.2) is 26.4 Å². The topological polar surface area (TPSA) is 24.4 Å². The van der Waals surface area contributed by atoms with Gasteiger partial charge in [-0.3, -0.25) is 0 Å². The van der Waals surface area contributed by atoms with E-state index in [2.05, 4.69) is 16.5 Å². The summed E-state index contributed by atoms with van der Waals surface area (Å²) >= 11 is 0. The second-order valence-electron chi connectivity index (χ2n) is 3.51. The van der Waals surface area contributed by atoms with E-state index in [0.717, 1.165) is 12.5 Å². The average molecular weight is 138 g/mol. The molecule has 0 aromatic carbocycles. The summed E-state index contributed by atoms with van der Waals surface area (Å²) in [6, 6.07) is 0. The number of aliphatic imine (C=N–C) groups is 1. The summed E-state index contributed by atoms with van der Waals surface area (Å²) in [4.78, 5) is 4.09. The fourth-order valence-corrected chi connectivity index (χ4v) is 1.92. The third kappa shape index (κ3) is 0.788. The zero-order valence-corrected chi connectivity index (χ0v) is 6.43. The van der Waals surface area contributed by atoms with Gasteiger partial charge < -0.3 is 10.3 Å². The lowest BCUT2D eigenvalue weighted by atomic mass is 9.94. The summed E-state index contributed by atoms with van der Waals surface area (Å²) in [6.45, 7) is 2.38. The second kappa shape index (κ2) is 2.06. The van der Waals surface area contributed by atoms with Crippen LogP contribution in [0.3, 0.4) is 0 Å². The van der Waals surface area contributed by atoms with Crippen LogP contribution in [0.1, 0.15) is 12.8 Å². The molecule has 1 atom stereocenters. The molecule has 2 aliphatic rings. The van der Waals surface area contributed by atoms with Crippen molar-refractivity contribution in [2.45, 2.75) is 12.8 Å². The monoisotopic (exact) mass is 138 g/mol. The summed E-state index contributed by atoms with van der Waals surface area (Å²) in [5, 5.41) is 3.42. The zero-order chi connectivity index (χ0) is 7.03. The minimum absolute atomic E-state index is 0.652. The maximum atomic E-state index is 4.09. The van der Waals surface area contributed by atoms with Gasteiger partial charge in [-0.05, 0) is 18.3 Å². The maximum absolute atomic E-state index is 4.09. The summed E-state index contributed by atoms with van der Waals surface area (Å²) in [5.74, 6) is 0.734.